The molecule has 2 heterocycles. The van der Waals surface area contributed by atoms with E-state index in [-0.39, 0.29) is 29.1 Å². The summed E-state index contributed by atoms with van der Waals surface area (Å²) in [4.78, 5) is 42.5. The van der Waals surface area contributed by atoms with Crippen molar-refractivity contribution in [2.75, 3.05) is 12.8 Å². The van der Waals surface area contributed by atoms with Gasteiger partial charge in [-0.3, -0.25) is 19.3 Å². The van der Waals surface area contributed by atoms with Gasteiger partial charge < -0.3 is 11.1 Å². The molecule has 1 aliphatic heterocycles. The molecule has 1 aromatic heterocycles. The van der Waals surface area contributed by atoms with Crippen LogP contribution in [0.15, 0.2) is 30.3 Å². The lowest BCUT2D eigenvalue weighted by atomic mass is 10.0. The zero-order valence-electron chi connectivity index (χ0n) is 13.3. The van der Waals surface area contributed by atoms with E-state index in [0.717, 1.165) is 10.5 Å². The minimum atomic E-state index is -0.507. The van der Waals surface area contributed by atoms with Gasteiger partial charge in [-0.1, -0.05) is 30.3 Å². The van der Waals surface area contributed by atoms with Crippen molar-refractivity contribution in [1.82, 2.24) is 15.2 Å². The molecule has 7 heteroatoms. The SMILES string of the molecule is CNC(=O)c1nc(C)c2c(c1N)C(=O)N(Cc1ccccc1)C2=O. The van der Waals surface area contributed by atoms with Crippen molar-refractivity contribution in [3.63, 3.8) is 0 Å². The fourth-order valence-corrected chi connectivity index (χ4v) is 2.76. The summed E-state index contributed by atoms with van der Waals surface area (Å²) < 4.78 is 0. The number of hydrogen-bond donors (Lipinski definition) is 2. The van der Waals surface area contributed by atoms with Crippen molar-refractivity contribution in [1.29, 1.82) is 0 Å². The Kier molecular flexibility index (Phi) is 3.76. The van der Waals surface area contributed by atoms with Gasteiger partial charge in [0, 0.05) is 7.05 Å². The third kappa shape index (κ3) is 2.30. The van der Waals surface area contributed by atoms with E-state index < -0.39 is 17.7 Å². The molecule has 0 saturated carbocycles. The van der Waals surface area contributed by atoms with E-state index >= 15 is 0 Å². The largest absolute Gasteiger partial charge is 0.396 e. The molecule has 0 spiro atoms. The third-order valence-electron chi connectivity index (χ3n) is 3.96. The molecule has 3 rings (SSSR count). The molecule has 7 nitrogen and oxygen atoms in total. The fraction of sp³-hybridized carbons (Fsp3) is 0.176. The second-order valence-electron chi connectivity index (χ2n) is 5.47. The summed E-state index contributed by atoms with van der Waals surface area (Å²) in [6.07, 6.45) is 0. The summed E-state index contributed by atoms with van der Waals surface area (Å²) in [7, 11) is 1.45. The van der Waals surface area contributed by atoms with Crippen LogP contribution in [0.25, 0.3) is 0 Å². The van der Waals surface area contributed by atoms with Crippen LogP contribution in [0.5, 0.6) is 0 Å². The first kappa shape index (κ1) is 15.7. The maximum Gasteiger partial charge on any atom is 0.271 e. The summed E-state index contributed by atoms with van der Waals surface area (Å²) in [5.74, 6) is -1.45. The quantitative estimate of drug-likeness (QED) is 0.823. The van der Waals surface area contributed by atoms with Gasteiger partial charge in [-0.05, 0) is 12.5 Å². The summed E-state index contributed by atoms with van der Waals surface area (Å²) >= 11 is 0. The highest BCUT2D eigenvalue weighted by Crippen LogP contribution is 2.32. The molecule has 24 heavy (non-hydrogen) atoms. The standard InChI is InChI=1S/C17H16N4O3/c1-9-11-12(13(18)14(20-9)15(22)19-2)17(24)21(16(11)23)8-10-6-4-3-5-7-10/h3-7H,8,18H2,1-2H3,(H,19,22). The van der Waals surface area contributed by atoms with Gasteiger partial charge in [0.25, 0.3) is 17.7 Å². The number of nitrogens with zero attached hydrogens (tertiary/aromatic N) is 2. The second-order valence-corrected chi connectivity index (χ2v) is 5.47. The van der Waals surface area contributed by atoms with Crippen molar-refractivity contribution < 1.29 is 14.4 Å². The lowest BCUT2D eigenvalue weighted by Gasteiger charge is -2.13. The van der Waals surface area contributed by atoms with Crippen LogP contribution in [0.3, 0.4) is 0 Å². The van der Waals surface area contributed by atoms with E-state index in [4.69, 9.17) is 5.73 Å². The van der Waals surface area contributed by atoms with Crippen LogP contribution < -0.4 is 11.1 Å². The summed E-state index contributed by atoms with van der Waals surface area (Å²) in [6, 6.07) is 9.17. The number of carbonyl (C=O) groups excluding carboxylic acids is 3. The molecule has 0 unspecified atom stereocenters. The van der Waals surface area contributed by atoms with Gasteiger partial charge in [0.05, 0.1) is 29.1 Å². The molecular weight excluding hydrogens is 308 g/mol. The first-order valence-electron chi connectivity index (χ1n) is 7.38. The van der Waals surface area contributed by atoms with Crippen LogP contribution >= 0.6 is 0 Å². The highest BCUT2D eigenvalue weighted by molar-refractivity contribution is 6.25. The number of anilines is 1. The van der Waals surface area contributed by atoms with Gasteiger partial charge in [0.2, 0.25) is 0 Å². The lowest BCUT2D eigenvalue weighted by Crippen LogP contribution is -2.29. The monoisotopic (exact) mass is 324 g/mol. The average Bonchev–Trinajstić information content (AvgIpc) is 2.84. The molecule has 1 aromatic carbocycles. The van der Waals surface area contributed by atoms with E-state index in [2.05, 4.69) is 10.3 Å². The molecule has 0 atom stereocenters. The second kappa shape index (κ2) is 5.77. The van der Waals surface area contributed by atoms with E-state index in [1.165, 1.54) is 7.05 Å². The molecule has 3 amide bonds. The van der Waals surface area contributed by atoms with E-state index in [9.17, 15) is 14.4 Å². The Morgan fingerprint density at radius 1 is 1.17 bits per heavy atom. The third-order valence-corrected chi connectivity index (χ3v) is 3.96. The highest BCUT2D eigenvalue weighted by Gasteiger charge is 2.40. The molecular formula is C17H16N4O3. The van der Waals surface area contributed by atoms with Crippen LogP contribution in [-0.4, -0.2) is 34.7 Å². The number of amides is 3. The molecule has 0 radical (unpaired) electrons. The molecule has 2 aromatic rings. The molecule has 122 valence electrons. The Hall–Kier alpha value is -3.22. The average molecular weight is 324 g/mol. The van der Waals surface area contributed by atoms with Crippen LogP contribution in [0.2, 0.25) is 0 Å². The fourth-order valence-electron chi connectivity index (χ4n) is 2.76. The number of aromatic nitrogens is 1. The van der Waals surface area contributed by atoms with Crippen LogP contribution in [-0.2, 0) is 6.54 Å². The van der Waals surface area contributed by atoms with Gasteiger partial charge in [0.15, 0.2) is 5.69 Å². The van der Waals surface area contributed by atoms with E-state index in [1.807, 2.05) is 30.3 Å². The van der Waals surface area contributed by atoms with Gasteiger partial charge >= 0.3 is 0 Å². The number of nitrogens with one attached hydrogen (secondary N) is 1. The first-order chi connectivity index (χ1) is 11.5. The molecule has 3 N–H and O–H groups in total. The Labute approximate surface area is 138 Å². The van der Waals surface area contributed by atoms with Crippen LogP contribution in [0.4, 0.5) is 5.69 Å². The smallest absolute Gasteiger partial charge is 0.271 e. The number of carbonyl (C=O) groups is 3. The number of pyridine rings is 1. The van der Waals surface area contributed by atoms with E-state index in [0.29, 0.717) is 5.69 Å². The maximum atomic E-state index is 12.7. The lowest BCUT2D eigenvalue weighted by molar-refractivity contribution is 0.0642. The number of nitrogens with two attached hydrogens (primary N) is 1. The minimum absolute atomic E-state index is 0.0449. The highest BCUT2D eigenvalue weighted by atomic mass is 16.2. The van der Waals surface area contributed by atoms with Crippen LogP contribution in [0.1, 0.15) is 42.5 Å². The molecule has 0 bridgehead atoms. The topological polar surface area (TPSA) is 105 Å². The number of imide groups is 1. The Morgan fingerprint density at radius 3 is 2.42 bits per heavy atom. The van der Waals surface area contributed by atoms with Gasteiger partial charge in [-0.25, -0.2) is 4.98 Å². The molecule has 0 fully saturated rings. The summed E-state index contributed by atoms with van der Waals surface area (Å²) in [5.41, 5.74) is 7.21. The number of fused-ring (bicyclic) bond motifs is 1. The molecule has 1 aliphatic rings. The molecule has 0 saturated heterocycles. The number of nitrogen functional groups attached to an aromatic ring is 1. The Balaban J connectivity index is 2.07. The first-order valence-corrected chi connectivity index (χ1v) is 7.38. The van der Waals surface area contributed by atoms with Crippen LogP contribution in [0, 0.1) is 6.92 Å². The van der Waals surface area contributed by atoms with Crippen molar-refractivity contribution in [2.45, 2.75) is 13.5 Å². The summed E-state index contributed by atoms with van der Waals surface area (Å²) in [6.45, 7) is 1.73. The molecule has 0 aliphatic carbocycles. The summed E-state index contributed by atoms with van der Waals surface area (Å²) in [5, 5.41) is 2.43. The van der Waals surface area contributed by atoms with Crippen molar-refractivity contribution in [3.05, 3.63) is 58.4 Å². The van der Waals surface area contributed by atoms with E-state index in [1.54, 1.807) is 6.92 Å². The number of aryl methyl sites for hydroxylation is 1. The number of hydrogen-bond acceptors (Lipinski definition) is 5. The van der Waals surface area contributed by atoms with Gasteiger partial charge in [-0.15, -0.1) is 0 Å². The van der Waals surface area contributed by atoms with Gasteiger partial charge in [-0.2, -0.15) is 0 Å². The van der Waals surface area contributed by atoms with Crippen molar-refractivity contribution >= 4 is 23.4 Å². The maximum absolute atomic E-state index is 12.7. The van der Waals surface area contributed by atoms with Crippen molar-refractivity contribution in [3.8, 4) is 0 Å². The zero-order chi connectivity index (χ0) is 17.4. The number of rotatable bonds is 3. The number of benzene rings is 1. The Bertz CT molecular complexity index is 862. The van der Waals surface area contributed by atoms with Crippen molar-refractivity contribution in [2.24, 2.45) is 0 Å². The Morgan fingerprint density at radius 2 is 1.79 bits per heavy atom. The zero-order valence-corrected chi connectivity index (χ0v) is 13.3. The predicted octanol–water partition coefficient (Wildman–Crippen LogP) is 1.13. The minimum Gasteiger partial charge on any atom is -0.396 e. The normalized spacial score (nSPS) is 13.2. The predicted molar refractivity (Wildman–Crippen MR) is 87.4 cm³/mol. The van der Waals surface area contributed by atoms with Gasteiger partial charge in [0.1, 0.15) is 0 Å².